The number of aromatic amines is 1. The molecule has 1 unspecified atom stereocenters. The third-order valence-electron chi connectivity index (χ3n) is 3.55. The fraction of sp³-hybridized carbons (Fsp3) is 0.636. The third kappa shape index (κ3) is 2.22. The zero-order chi connectivity index (χ0) is 13.2. The van der Waals surface area contributed by atoms with E-state index in [0.29, 0.717) is 10.8 Å². The average Bonchev–Trinajstić information content (AvgIpc) is 3.01. The number of nitrogens with one attached hydrogen (secondary N) is 2. The zero-order valence-electron chi connectivity index (χ0n) is 10.3. The number of carbonyl (C=O) groups excluding carboxylic acids is 1. The van der Waals surface area contributed by atoms with Crippen molar-refractivity contribution < 1.29 is 4.79 Å². The fourth-order valence-corrected chi connectivity index (χ4v) is 2.69. The van der Waals surface area contributed by atoms with Gasteiger partial charge in [0.05, 0.1) is 16.4 Å². The van der Waals surface area contributed by atoms with Gasteiger partial charge in [-0.3, -0.25) is 9.89 Å². The molecule has 18 heavy (non-hydrogen) atoms. The molecule has 6 nitrogen and oxygen atoms in total. The number of hydrogen-bond donors (Lipinski definition) is 3. The second-order valence-electron chi connectivity index (χ2n) is 4.72. The second kappa shape index (κ2) is 5.01. The molecule has 2 rings (SSSR count). The van der Waals surface area contributed by atoms with Gasteiger partial charge in [-0.1, -0.05) is 25.1 Å². The summed E-state index contributed by atoms with van der Waals surface area (Å²) in [5.41, 5.74) is 5.09. The van der Waals surface area contributed by atoms with Crippen LogP contribution in [0.4, 0.5) is 0 Å². The number of amides is 1. The average molecular weight is 267 g/mol. The Morgan fingerprint density at radius 2 is 2.28 bits per heavy atom. The van der Waals surface area contributed by atoms with E-state index in [2.05, 4.69) is 20.5 Å². The smallest absolute Gasteiger partial charge is 0.233 e. The molecule has 4 N–H and O–H groups in total. The molecule has 7 heteroatoms. The lowest BCUT2D eigenvalue weighted by molar-refractivity contribution is -0.128. The number of carbonyl (C=O) groups is 1. The van der Waals surface area contributed by atoms with Crippen molar-refractivity contribution in [1.29, 1.82) is 0 Å². The van der Waals surface area contributed by atoms with Gasteiger partial charge in [-0.05, 0) is 19.8 Å². The number of hydrogen-bond acceptors (Lipinski definition) is 4. The first kappa shape index (κ1) is 12.9. The van der Waals surface area contributed by atoms with Crippen LogP contribution in [-0.4, -0.2) is 26.1 Å². The molecule has 1 heterocycles. The summed E-state index contributed by atoms with van der Waals surface area (Å²) in [6.45, 7) is 1.85. The van der Waals surface area contributed by atoms with Crippen LogP contribution in [0.3, 0.4) is 0 Å². The van der Waals surface area contributed by atoms with Crippen LogP contribution < -0.4 is 11.1 Å². The highest BCUT2D eigenvalue weighted by molar-refractivity contribution is 7.80. The van der Waals surface area contributed by atoms with Crippen molar-refractivity contribution in [3.63, 3.8) is 0 Å². The predicted molar refractivity (Wildman–Crippen MR) is 70.6 cm³/mol. The van der Waals surface area contributed by atoms with E-state index in [1.165, 1.54) is 6.33 Å². The Kier molecular flexibility index (Phi) is 3.60. The van der Waals surface area contributed by atoms with Crippen molar-refractivity contribution in [1.82, 2.24) is 20.5 Å². The molecule has 0 bridgehead atoms. The number of nitrogens with two attached hydrogens (primary N) is 1. The molecule has 1 aromatic rings. The molecule has 0 radical (unpaired) electrons. The summed E-state index contributed by atoms with van der Waals surface area (Å²) in [5.74, 6) is 0.524. The molecular formula is C11H17N5OS. The van der Waals surface area contributed by atoms with Crippen molar-refractivity contribution in [3.8, 4) is 0 Å². The minimum absolute atomic E-state index is 0.101. The Bertz CT molecular complexity index is 438. The number of thiocarbonyl (C=S) groups is 1. The summed E-state index contributed by atoms with van der Waals surface area (Å²) in [6.07, 6.45) is 4.86. The van der Waals surface area contributed by atoms with Crippen LogP contribution in [0.25, 0.3) is 0 Å². The number of aromatic nitrogens is 3. The molecule has 0 spiro atoms. The molecule has 1 amide bonds. The summed E-state index contributed by atoms with van der Waals surface area (Å²) in [7, 11) is 0. The van der Waals surface area contributed by atoms with Gasteiger partial charge in [-0.2, -0.15) is 5.10 Å². The van der Waals surface area contributed by atoms with Crippen LogP contribution in [0, 0.1) is 5.41 Å². The van der Waals surface area contributed by atoms with Gasteiger partial charge < -0.3 is 11.1 Å². The van der Waals surface area contributed by atoms with Gasteiger partial charge in [0, 0.05) is 0 Å². The maximum atomic E-state index is 12.4. The van der Waals surface area contributed by atoms with Crippen LogP contribution in [0.2, 0.25) is 0 Å². The van der Waals surface area contributed by atoms with Crippen molar-refractivity contribution in [2.24, 2.45) is 11.1 Å². The van der Waals surface area contributed by atoms with Crippen LogP contribution in [0.1, 0.15) is 44.5 Å². The van der Waals surface area contributed by atoms with E-state index >= 15 is 0 Å². The molecule has 0 aliphatic heterocycles. The number of rotatable bonds is 4. The van der Waals surface area contributed by atoms with Gasteiger partial charge in [0.15, 0.2) is 0 Å². The summed E-state index contributed by atoms with van der Waals surface area (Å²) < 4.78 is 0. The van der Waals surface area contributed by atoms with Gasteiger partial charge >= 0.3 is 0 Å². The Morgan fingerprint density at radius 3 is 2.78 bits per heavy atom. The van der Waals surface area contributed by atoms with Crippen LogP contribution >= 0.6 is 12.2 Å². The third-order valence-corrected chi connectivity index (χ3v) is 3.95. The monoisotopic (exact) mass is 267 g/mol. The van der Waals surface area contributed by atoms with Gasteiger partial charge in [-0.25, -0.2) is 4.98 Å². The first-order valence-corrected chi connectivity index (χ1v) is 6.43. The lowest BCUT2D eigenvalue weighted by Crippen LogP contribution is -2.47. The zero-order valence-corrected chi connectivity index (χ0v) is 11.1. The summed E-state index contributed by atoms with van der Waals surface area (Å²) in [4.78, 5) is 16.7. The Hall–Kier alpha value is -1.50. The van der Waals surface area contributed by atoms with E-state index in [-0.39, 0.29) is 11.9 Å². The van der Waals surface area contributed by atoms with Gasteiger partial charge in [0.1, 0.15) is 12.2 Å². The van der Waals surface area contributed by atoms with E-state index in [4.69, 9.17) is 18.0 Å². The number of nitrogens with zero attached hydrogens (tertiary/aromatic N) is 2. The van der Waals surface area contributed by atoms with Crippen LogP contribution in [0.15, 0.2) is 6.33 Å². The highest BCUT2D eigenvalue weighted by atomic mass is 32.1. The van der Waals surface area contributed by atoms with E-state index in [1.807, 2.05) is 6.92 Å². The maximum Gasteiger partial charge on any atom is 0.233 e. The minimum atomic E-state index is -0.677. The topological polar surface area (TPSA) is 96.7 Å². The molecule has 1 atom stereocenters. The summed E-state index contributed by atoms with van der Waals surface area (Å²) in [6, 6.07) is -0.230. The van der Waals surface area contributed by atoms with Crippen molar-refractivity contribution >= 4 is 23.1 Å². The molecule has 1 aliphatic carbocycles. The minimum Gasteiger partial charge on any atom is -0.392 e. The van der Waals surface area contributed by atoms with Crippen molar-refractivity contribution in [2.75, 3.05) is 0 Å². The number of H-pyrrole nitrogens is 1. The Morgan fingerprint density at radius 1 is 1.61 bits per heavy atom. The molecule has 1 aromatic heterocycles. The Balaban J connectivity index is 2.09. The standard InChI is InChI=1S/C11H17N5OS/c1-7(8-13-6-14-16-8)15-10(17)11(9(12)18)4-2-3-5-11/h6-7H,2-5H2,1H3,(H2,12,18)(H,15,17)(H,13,14,16). The van der Waals surface area contributed by atoms with Crippen molar-refractivity contribution in [3.05, 3.63) is 12.2 Å². The fourth-order valence-electron chi connectivity index (χ4n) is 2.39. The molecule has 0 saturated heterocycles. The molecule has 1 aliphatic rings. The molecule has 1 fully saturated rings. The SMILES string of the molecule is CC(NC(=O)C1(C(N)=S)CCCC1)c1ncn[nH]1. The van der Waals surface area contributed by atoms with E-state index in [9.17, 15) is 4.79 Å². The van der Waals surface area contributed by atoms with Gasteiger partial charge in [0.2, 0.25) is 5.91 Å². The first-order valence-electron chi connectivity index (χ1n) is 6.02. The Labute approximate surface area is 111 Å². The highest BCUT2D eigenvalue weighted by Gasteiger charge is 2.44. The molecule has 1 saturated carbocycles. The molecular weight excluding hydrogens is 250 g/mol. The van der Waals surface area contributed by atoms with Crippen molar-refractivity contribution in [2.45, 2.75) is 38.6 Å². The lowest BCUT2D eigenvalue weighted by atomic mass is 9.85. The lowest BCUT2D eigenvalue weighted by Gasteiger charge is -2.27. The maximum absolute atomic E-state index is 12.4. The predicted octanol–water partition coefficient (Wildman–Crippen LogP) is 0.828. The molecule has 0 aromatic carbocycles. The highest BCUT2D eigenvalue weighted by Crippen LogP contribution is 2.39. The first-order chi connectivity index (χ1) is 8.56. The van der Waals surface area contributed by atoms with Gasteiger partial charge in [0.25, 0.3) is 0 Å². The van der Waals surface area contributed by atoms with E-state index < -0.39 is 5.41 Å². The van der Waals surface area contributed by atoms with E-state index in [0.717, 1.165) is 25.7 Å². The summed E-state index contributed by atoms with van der Waals surface area (Å²) in [5, 5.41) is 9.40. The normalized spacial score (nSPS) is 19.4. The summed E-state index contributed by atoms with van der Waals surface area (Å²) >= 11 is 5.08. The van der Waals surface area contributed by atoms with E-state index in [1.54, 1.807) is 0 Å². The second-order valence-corrected chi connectivity index (χ2v) is 5.16. The van der Waals surface area contributed by atoms with Crippen LogP contribution in [-0.2, 0) is 4.79 Å². The largest absolute Gasteiger partial charge is 0.392 e. The quantitative estimate of drug-likeness (QED) is 0.702. The van der Waals surface area contributed by atoms with Crippen LogP contribution in [0.5, 0.6) is 0 Å². The van der Waals surface area contributed by atoms with Gasteiger partial charge in [-0.15, -0.1) is 0 Å². The molecule has 98 valence electrons.